The standard InChI is InChI=1S/C11H7F2N3O4/c12-6-2-1-3-7(13)5(6)4-16-9(11(19)20)8(10(17)18)14-15-16/h1-3H,4H2,(H,17,18)(H,19,20). The van der Waals surface area contributed by atoms with Crippen LogP contribution in [0.5, 0.6) is 0 Å². The minimum atomic E-state index is -1.61. The number of aromatic nitrogens is 3. The quantitative estimate of drug-likeness (QED) is 0.867. The molecule has 0 amide bonds. The number of nitrogens with zero attached hydrogens (tertiary/aromatic N) is 3. The molecule has 0 radical (unpaired) electrons. The Morgan fingerprint density at radius 2 is 1.75 bits per heavy atom. The first-order valence-corrected chi connectivity index (χ1v) is 5.24. The molecule has 0 unspecified atom stereocenters. The van der Waals surface area contributed by atoms with E-state index in [2.05, 4.69) is 10.3 Å². The first-order chi connectivity index (χ1) is 9.41. The van der Waals surface area contributed by atoms with E-state index in [-0.39, 0.29) is 0 Å². The molecule has 2 N–H and O–H groups in total. The lowest BCUT2D eigenvalue weighted by atomic mass is 10.2. The molecule has 2 aromatic rings. The number of carboxylic acid groups (broad SMARTS) is 2. The predicted octanol–water partition coefficient (Wildman–Crippen LogP) is 1.00. The van der Waals surface area contributed by atoms with Crippen LogP contribution in [0.2, 0.25) is 0 Å². The zero-order chi connectivity index (χ0) is 14.9. The van der Waals surface area contributed by atoms with Crippen LogP contribution in [0.1, 0.15) is 26.5 Å². The van der Waals surface area contributed by atoms with E-state index in [4.69, 9.17) is 10.2 Å². The van der Waals surface area contributed by atoms with Crippen LogP contribution >= 0.6 is 0 Å². The molecule has 20 heavy (non-hydrogen) atoms. The summed E-state index contributed by atoms with van der Waals surface area (Å²) in [4.78, 5) is 21.8. The van der Waals surface area contributed by atoms with E-state index >= 15 is 0 Å². The fraction of sp³-hybridized carbons (Fsp3) is 0.0909. The average molecular weight is 283 g/mol. The zero-order valence-corrected chi connectivity index (χ0v) is 9.75. The molecule has 9 heteroatoms. The van der Waals surface area contributed by atoms with Crippen LogP contribution in [0.15, 0.2) is 18.2 Å². The van der Waals surface area contributed by atoms with Crippen molar-refractivity contribution in [1.82, 2.24) is 15.0 Å². The van der Waals surface area contributed by atoms with Crippen molar-refractivity contribution in [3.8, 4) is 0 Å². The van der Waals surface area contributed by atoms with Gasteiger partial charge >= 0.3 is 11.9 Å². The van der Waals surface area contributed by atoms with Crippen LogP contribution in [0.4, 0.5) is 8.78 Å². The van der Waals surface area contributed by atoms with Gasteiger partial charge in [-0.3, -0.25) is 0 Å². The van der Waals surface area contributed by atoms with Crippen molar-refractivity contribution in [1.29, 1.82) is 0 Å². The van der Waals surface area contributed by atoms with Crippen molar-refractivity contribution in [3.63, 3.8) is 0 Å². The van der Waals surface area contributed by atoms with Crippen LogP contribution in [-0.2, 0) is 6.54 Å². The SMILES string of the molecule is O=C(O)c1nnn(Cc2c(F)cccc2F)c1C(=O)O. The molecule has 0 aliphatic heterocycles. The maximum absolute atomic E-state index is 13.5. The lowest BCUT2D eigenvalue weighted by molar-refractivity contribution is 0.0640. The molecular weight excluding hydrogens is 276 g/mol. The van der Waals surface area contributed by atoms with Gasteiger partial charge in [-0.05, 0) is 12.1 Å². The Labute approximate surface area is 110 Å². The highest BCUT2D eigenvalue weighted by atomic mass is 19.1. The Kier molecular flexibility index (Phi) is 3.42. The largest absolute Gasteiger partial charge is 0.476 e. The number of hydrogen-bond acceptors (Lipinski definition) is 4. The van der Waals surface area contributed by atoms with E-state index in [1.165, 1.54) is 0 Å². The van der Waals surface area contributed by atoms with Gasteiger partial charge in [-0.25, -0.2) is 23.1 Å². The van der Waals surface area contributed by atoms with Crippen LogP contribution in [0.25, 0.3) is 0 Å². The highest BCUT2D eigenvalue weighted by molar-refractivity contribution is 5.98. The molecule has 0 saturated carbocycles. The molecule has 7 nitrogen and oxygen atoms in total. The molecule has 1 aromatic carbocycles. The molecule has 1 heterocycles. The summed E-state index contributed by atoms with van der Waals surface area (Å²) in [6, 6.07) is 3.14. The number of benzene rings is 1. The maximum atomic E-state index is 13.5. The van der Waals surface area contributed by atoms with Crippen LogP contribution in [-0.4, -0.2) is 37.1 Å². The van der Waals surface area contributed by atoms with Crippen molar-refractivity contribution in [2.75, 3.05) is 0 Å². The van der Waals surface area contributed by atoms with Crippen LogP contribution in [0, 0.1) is 11.6 Å². The van der Waals surface area contributed by atoms with E-state index in [9.17, 15) is 18.4 Å². The van der Waals surface area contributed by atoms with Crippen LogP contribution in [0.3, 0.4) is 0 Å². The number of carboxylic acids is 2. The van der Waals surface area contributed by atoms with Gasteiger partial charge in [0.05, 0.1) is 6.54 Å². The van der Waals surface area contributed by atoms with E-state index in [1.807, 2.05) is 0 Å². The van der Waals surface area contributed by atoms with E-state index in [0.717, 1.165) is 18.2 Å². The lowest BCUT2D eigenvalue weighted by Crippen LogP contribution is -2.15. The minimum Gasteiger partial charge on any atom is -0.476 e. The van der Waals surface area contributed by atoms with Gasteiger partial charge in [-0.1, -0.05) is 11.3 Å². The summed E-state index contributed by atoms with van der Waals surface area (Å²) >= 11 is 0. The van der Waals surface area contributed by atoms with E-state index in [0.29, 0.717) is 4.68 Å². The van der Waals surface area contributed by atoms with Crippen molar-refractivity contribution in [3.05, 3.63) is 46.8 Å². The van der Waals surface area contributed by atoms with Gasteiger partial charge in [0, 0.05) is 5.56 Å². The summed E-state index contributed by atoms with van der Waals surface area (Å²) in [6.07, 6.45) is 0. The highest BCUT2D eigenvalue weighted by Gasteiger charge is 2.25. The number of rotatable bonds is 4. The number of hydrogen-bond donors (Lipinski definition) is 2. The second-order valence-corrected chi connectivity index (χ2v) is 3.75. The molecule has 1 aromatic heterocycles. The monoisotopic (exact) mass is 283 g/mol. The van der Waals surface area contributed by atoms with Gasteiger partial charge in [0.15, 0.2) is 5.69 Å². The fourth-order valence-electron chi connectivity index (χ4n) is 1.61. The first-order valence-electron chi connectivity index (χ1n) is 5.24. The Morgan fingerprint density at radius 3 is 2.25 bits per heavy atom. The van der Waals surface area contributed by atoms with Crippen molar-refractivity contribution < 1.29 is 28.6 Å². The van der Waals surface area contributed by atoms with Gasteiger partial charge in [-0.2, -0.15) is 0 Å². The molecule has 104 valence electrons. The number of aromatic carboxylic acids is 2. The van der Waals surface area contributed by atoms with Gasteiger partial charge in [-0.15, -0.1) is 5.10 Å². The summed E-state index contributed by atoms with van der Waals surface area (Å²) in [5.74, 6) is -4.99. The second kappa shape index (κ2) is 5.03. The molecule has 0 atom stereocenters. The lowest BCUT2D eigenvalue weighted by Gasteiger charge is -2.06. The van der Waals surface area contributed by atoms with Gasteiger partial charge in [0.25, 0.3) is 0 Å². The van der Waals surface area contributed by atoms with Crippen molar-refractivity contribution in [2.24, 2.45) is 0 Å². The highest BCUT2D eigenvalue weighted by Crippen LogP contribution is 2.15. The molecule has 0 fully saturated rings. The molecule has 0 bridgehead atoms. The second-order valence-electron chi connectivity index (χ2n) is 3.75. The van der Waals surface area contributed by atoms with Gasteiger partial charge < -0.3 is 10.2 Å². The smallest absolute Gasteiger partial charge is 0.359 e. The number of carbonyl (C=O) groups is 2. The molecule has 0 aliphatic carbocycles. The Balaban J connectivity index is 2.50. The first kappa shape index (κ1) is 13.6. The summed E-state index contributed by atoms with van der Waals surface area (Å²) in [6.45, 7) is -0.583. The minimum absolute atomic E-state index is 0.433. The fourth-order valence-corrected chi connectivity index (χ4v) is 1.61. The summed E-state index contributed by atoms with van der Waals surface area (Å²) < 4.78 is 27.6. The van der Waals surface area contributed by atoms with Crippen molar-refractivity contribution in [2.45, 2.75) is 6.54 Å². The van der Waals surface area contributed by atoms with Gasteiger partial charge in [0.2, 0.25) is 5.69 Å². The Morgan fingerprint density at radius 1 is 1.15 bits per heavy atom. The summed E-state index contributed by atoms with van der Waals surface area (Å²) in [5, 5.41) is 24.2. The Hall–Kier alpha value is -2.84. The third-order valence-electron chi connectivity index (χ3n) is 2.51. The average Bonchev–Trinajstić information content (AvgIpc) is 2.78. The topological polar surface area (TPSA) is 105 Å². The molecular formula is C11H7F2N3O4. The van der Waals surface area contributed by atoms with Crippen LogP contribution < -0.4 is 0 Å². The number of halogens is 2. The third kappa shape index (κ3) is 2.32. The summed E-state index contributed by atoms with van der Waals surface area (Å²) in [7, 11) is 0. The predicted molar refractivity (Wildman–Crippen MR) is 59.4 cm³/mol. The van der Waals surface area contributed by atoms with Gasteiger partial charge in [0.1, 0.15) is 11.6 Å². The normalized spacial score (nSPS) is 10.5. The molecule has 2 rings (SSSR count). The van der Waals surface area contributed by atoms with E-state index in [1.54, 1.807) is 0 Å². The Bertz CT molecular complexity index is 679. The molecule has 0 spiro atoms. The molecule has 0 saturated heterocycles. The van der Waals surface area contributed by atoms with Crippen molar-refractivity contribution >= 4 is 11.9 Å². The molecule has 0 aliphatic rings. The van der Waals surface area contributed by atoms with E-state index < -0.39 is 47.1 Å². The third-order valence-corrected chi connectivity index (χ3v) is 2.51. The summed E-state index contributed by atoms with van der Waals surface area (Å²) in [5.41, 5.74) is -1.98. The maximum Gasteiger partial charge on any atom is 0.359 e. The zero-order valence-electron chi connectivity index (χ0n) is 9.75.